The van der Waals surface area contributed by atoms with Crippen molar-refractivity contribution in [3.05, 3.63) is 55.0 Å². The van der Waals surface area contributed by atoms with Crippen molar-refractivity contribution in [1.82, 2.24) is 24.6 Å². The maximum absolute atomic E-state index is 12.5. The Bertz CT molecular complexity index is 1210. The van der Waals surface area contributed by atoms with Gasteiger partial charge >= 0.3 is 0 Å². The lowest BCUT2D eigenvalue weighted by Crippen LogP contribution is -2.49. The molecule has 1 aliphatic rings. The molecule has 0 atom stereocenters. The minimum atomic E-state index is 0.00965. The van der Waals surface area contributed by atoms with Gasteiger partial charge < -0.3 is 10.2 Å². The Hall–Kier alpha value is -3.52. The zero-order valence-electron chi connectivity index (χ0n) is 16.8. The van der Waals surface area contributed by atoms with Crippen molar-refractivity contribution in [2.75, 3.05) is 42.9 Å². The first-order valence-corrected chi connectivity index (χ1v) is 10.1. The number of benzene rings is 2. The SMILES string of the molecule is Cn1ncc2c(N3CCN(CC(=O)Nc4ccc5ccccc5c4)CC3)ncnc21. The molecule has 2 aromatic carbocycles. The van der Waals surface area contributed by atoms with Gasteiger partial charge in [-0.2, -0.15) is 5.10 Å². The number of carbonyl (C=O) groups excluding carboxylic acids is 1. The fourth-order valence-electron chi connectivity index (χ4n) is 3.99. The summed E-state index contributed by atoms with van der Waals surface area (Å²) in [5.74, 6) is 0.920. The van der Waals surface area contributed by atoms with E-state index in [9.17, 15) is 4.79 Å². The molecule has 2 aromatic heterocycles. The van der Waals surface area contributed by atoms with Crippen LogP contribution in [0.15, 0.2) is 55.0 Å². The maximum atomic E-state index is 12.5. The number of rotatable bonds is 4. The van der Waals surface area contributed by atoms with E-state index in [2.05, 4.69) is 42.3 Å². The smallest absolute Gasteiger partial charge is 0.238 e. The zero-order chi connectivity index (χ0) is 20.5. The highest BCUT2D eigenvalue weighted by Gasteiger charge is 2.22. The molecule has 8 heteroatoms. The maximum Gasteiger partial charge on any atom is 0.238 e. The summed E-state index contributed by atoms with van der Waals surface area (Å²) in [6, 6.07) is 14.1. The van der Waals surface area contributed by atoms with Crippen molar-refractivity contribution in [1.29, 1.82) is 0 Å². The molecule has 0 aliphatic carbocycles. The van der Waals surface area contributed by atoms with E-state index in [-0.39, 0.29) is 5.91 Å². The Morgan fingerprint density at radius 1 is 1.03 bits per heavy atom. The number of aromatic nitrogens is 4. The van der Waals surface area contributed by atoms with E-state index in [1.807, 2.05) is 43.6 Å². The fraction of sp³-hybridized carbons (Fsp3) is 0.273. The number of anilines is 2. The molecule has 0 spiro atoms. The number of nitrogens with one attached hydrogen (secondary N) is 1. The first kappa shape index (κ1) is 18.5. The molecule has 5 rings (SSSR count). The van der Waals surface area contributed by atoms with Gasteiger partial charge in [-0.1, -0.05) is 30.3 Å². The van der Waals surface area contributed by atoms with E-state index in [0.717, 1.165) is 54.1 Å². The van der Waals surface area contributed by atoms with Crippen LogP contribution < -0.4 is 10.2 Å². The van der Waals surface area contributed by atoms with Crippen LogP contribution in [0.1, 0.15) is 0 Å². The number of aryl methyl sites for hydroxylation is 1. The van der Waals surface area contributed by atoms with Crippen LogP contribution in [0.2, 0.25) is 0 Å². The molecule has 4 aromatic rings. The third-order valence-corrected chi connectivity index (χ3v) is 5.58. The summed E-state index contributed by atoms with van der Waals surface area (Å²) >= 11 is 0. The molecular weight excluding hydrogens is 378 g/mol. The van der Waals surface area contributed by atoms with Crippen LogP contribution in [0, 0.1) is 0 Å². The van der Waals surface area contributed by atoms with E-state index >= 15 is 0 Å². The largest absolute Gasteiger partial charge is 0.353 e. The van der Waals surface area contributed by atoms with Gasteiger partial charge in [-0.3, -0.25) is 14.4 Å². The molecule has 8 nitrogen and oxygen atoms in total. The Morgan fingerprint density at radius 3 is 2.67 bits per heavy atom. The van der Waals surface area contributed by atoms with Crippen molar-refractivity contribution in [2.45, 2.75) is 0 Å². The lowest BCUT2D eigenvalue weighted by molar-refractivity contribution is -0.117. The summed E-state index contributed by atoms with van der Waals surface area (Å²) in [4.78, 5) is 25.7. The lowest BCUT2D eigenvalue weighted by Gasteiger charge is -2.35. The zero-order valence-corrected chi connectivity index (χ0v) is 16.8. The normalized spacial score (nSPS) is 15.0. The standard InChI is InChI=1S/C22H23N7O/c1-27-21-19(13-25-27)22(24-15-23-21)29-10-8-28(9-11-29)14-20(30)26-18-7-6-16-4-2-3-5-17(16)12-18/h2-7,12-13,15H,8-11,14H2,1H3,(H,26,30). The number of fused-ring (bicyclic) bond motifs is 2. The van der Waals surface area contributed by atoms with E-state index in [4.69, 9.17) is 0 Å². The number of hydrogen-bond donors (Lipinski definition) is 1. The van der Waals surface area contributed by atoms with Crippen molar-refractivity contribution in [2.24, 2.45) is 7.05 Å². The minimum Gasteiger partial charge on any atom is -0.353 e. The Labute approximate surface area is 174 Å². The van der Waals surface area contributed by atoms with Crippen LogP contribution in [-0.4, -0.2) is 63.3 Å². The van der Waals surface area contributed by atoms with Crippen molar-refractivity contribution in [3.63, 3.8) is 0 Å². The third-order valence-electron chi connectivity index (χ3n) is 5.58. The van der Waals surface area contributed by atoms with Crippen molar-refractivity contribution in [3.8, 4) is 0 Å². The summed E-state index contributed by atoms with van der Waals surface area (Å²) in [6.45, 7) is 3.61. The van der Waals surface area contributed by atoms with Crippen molar-refractivity contribution < 1.29 is 4.79 Å². The number of carbonyl (C=O) groups is 1. The summed E-state index contributed by atoms with van der Waals surface area (Å²) in [6.07, 6.45) is 3.40. The summed E-state index contributed by atoms with van der Waals surface area (Å²) in [5, 5.41) is 10.6. The van der Waals surface area contributed by atoms with Crippen LogP contribution in [0.25, 0.3) is 21.8 Å². The topological polar surface area (TPSA) is 79.2 Å². The van der Waals surface area contributed by atoms with Gasteiger partial charge in [-0.05, 0) is 22.9 Å². The Morgan fingerprint density at radius 2 is 1.83 bits per heavy atom. The predicted octanol–water partition coefficient (Wildman–Crippen LogP) is 2.28. The van der Waals surface area contributed by atoms with Crippen LogP contribution >= 0.6 is 0 Å². The van der Waals surface area contributed by atoms with Gasteiger partial charge in [-0.25, -0.2) is 9.97 Å². The second-order valence-corrected chi connectivity index (χ2v) is 7.58. The van der Waals surface area contributed by atoms with Gasteiger partial charge in [0.2, 0.25) is 5.91 Å². The number of amides is 1. The molecule has 1 aliphatic heterocycles. The number of hydrogen-bond acceptors (Lipinski definition) is 6. The summed E-state index contributed by atoms with van der Waals surface area (Å²) < 4.78 is 1.76. The molecule has 1 amide bonds. The van der Waals surface area contributed by atoms with E-state index in [1.165, 1.54) is 5.39 Å². The van der Waals surface area contributed by atoms with E-state index in [1.54, 1.807) is 11.0 Å². The predicted molar refractivity (Wildman–Crippen MR) is 118 cm³/mol. The molecule has 0 unspecified atom stereocenters. The van der Waals surface area contributed by atoms with E-state index < -0.39 is 0 Å². The first-order valence-electron chi connectivity index (χ1n) is 10.1. The van der Waals surface area contributed by atoms with Gasteiger partial charge in [0.05, 0.1) is 18.1 Å². The number of piperazine rings is 1. The Balaban J connectivity index is 1.20. The van der Waals surface area contributed by atoms with Gasteiger partial charge in [0.15, 0.2) is 5.65 Å². The monoisotopic (exact) mass is 401 g/mol. The molecule has 0 radical (unpaired) electrons. The molecule has 3 heterocycles. The van der Waals surface area contributed by atoms with Crippen LogP contribution in [0.4, 0.5) is 11.5 Å². The molecule has 0 bridgehead atoms. The lowest BCUT2D eigenvalue weighted by atomic mass is 10.1. The molecule has 1 saturated heterocycles. The van der Waals surface area contributed by atoms with E-state index in [0.29, 0.717) is 6.54 Å². The Kier molecular flexibility index (Phi) is 4.76. The number of nitrogens with zero attached hydrogens (tertiary/aromatic N) is 6. The molecule has 0 saturated carbocycles. The molecule has 1 fully saturated rings. The van der Waals surface area contributed by atoms with Crippen LogP contribution in [-0.2, 0) is 11.8 Å². The average molecular weight is 401 g/mol. The quantitative estimate of drug-likeness (QED) is 0.565. The molecule has 152 valence electrons. The second kappa shape index (κ2) is 7.72. The third kappa shape index (κ3) is 3.57. The molecule has 30 heavy (non-hydrogen) atoms. The highest BCUT2D eigenvalue weighted by molar-refractivity contribution is 5.95. The highest BCUT2D eigenvalue weighted by atomic mass is 16.2. The van der Waals surface area contributed by atoms with Crippen LogP contribution in [0.5, 0.6) is 0 Å². The van der Waals surface area contributed by atoms with Crippen molar-refractivity contribution >= 4 is 39.2 Å². The van der Waals surface area contributed by atoms with Gasteiger partial charge in [0.25, 0.3) is 0 Å². The summed E-state index contributed by atoms with van der Waals surface area (Å²) in [7, 11) is 1.88. The molecular formula is C22H23N7O. The first-order chi connectivity index (χ1) is 14.7. The average Bonchev–Trinajstić information content (AvgIpc) is 3.15. The minimum absolute atomic E-state index is 0.00965. The second-order valence-electron chi connectivity index (χ2n) is 7.58. The summed E-state index contributed by atoms with van der Waals surface area (Å²) in [5.41, 5.74) is 1.66. The van der Waals surface area contributed by atoms with Crippen LogP contribution in [0.3, 0.4) is 0 Å². The van der Waals surface area contributed by atoms with Gasteiger partial charge in [-0.15, -0.1) is 0 Å². The van der Waals surface area contributed by atoms with Gasteiger partial charge in [0.1, 0.15) is 12.1 Å². The fourth-order valence-corrected chi connectivity index (χ4v) is 3.99. The molecule has 1 N–H and O–H groups in total. The van der Waals surface area contributed by atoms with Gasteiger partial charge in [0, 0.05) is 38.9 Å². The highest BCUT2D eigenvalue weighted by Crippen LogP contribution is 2.23.